The maximum Gasteiger partial charge on any atom is 0.306 e. The van der Waals surface area contributed by atoms with Gasteiger partial charge in [0, 0.05) is 19.3 Å². The van der Waals surface area contributed by atoms with E-state index in [2.05, 4.69) is 118 Å². The monoisotopic (exact) mass is 1010 g/mol. The highest BCUT2D eigenvalue weighted by atomic mass is 16.6. The second-order valence-electron chi connectivity index (χ2n) is 20.2. The Morgan fingerprint density at radius 2 is 0.534 bits per heavy atom. The first-order valence-electron chi connectivity index (χ1n) is 30.7. The van der Waals surface area contributed by atoms with E-state index in [1.165, 1.54) is 128 Å². The van der Waals surface area contributed by atoms with E-state index in [1.807, 2.05) is 0 Å². The van der Waals surface area contributed by atoms with Crippen LogP contribution in [0.25, 0.3) is 0 Å². The largest absolute Gasteiger partial charge is 0.462 e. The molecule has 418 valence electrons. The van der Waals surface area contributed by atoms with Gasteiger partial charge in [0.05, 0.1) is 0 Å². The molecule has 73 heavy (non-hydrogen) atoms. The molecule has 0 fully saturated rings. The fourth-order valence-electron chi connectivity index (χ4n) is 8.44. The van der Waals surface area contributed by atoms with Crippen molar-refractivity contribution in [2.24, 2.45) is 0 Å². The van der Waals surface area contributed by atoms with Crippen LogP contribution in [-0.4, -0.2) is 37.2 Å². The van der Waals surface area contributed by atoms with Crippen LogP contribution in [0.3, 0.4) is 0 Å². The third-order valence-corrected chi connectivity index (χ3v) is 13.0. The third-order valence-electron chi connectivity index (χ3n) is 13.0. The number of allylic oxidation sites excluding steroid dienone is 16. The number of rotatable bonds is 55. The minimum Gasteiger partial charge on any atom is -0.462 e. The fourth-order valence-corrected chi connectivity index (χ4v) is 8.44. The quantitative estimate of drug-likeness (QED) is 0.0261. The molecule has 0 heterocycles. The fraction of sp³-hybridized carbons (Fsp3) is 0.716. The van der Waals surface area contributed by atoms with Crippen molar-refractivity contribution in [1.82, 2.24) is 0 Å². The predicted octanol–water partition coefficient (Wildman–Crippen LogP) is 20.9. The Morgan fingerprint density at radius 3 is 0.877 bits per heavy atom. The van der Waals surface area contributed by atoms with Gasteiger partial charge in [-0.25, -0.2) is 0 Å². The van der Waals surface area contributed by atoms with E-state index < -0.39 is 6.10 Å². The molecule has 0 aromatic carbocycles. The maximum absolute atomic E-state index is 12.9. The van der Waals surface area contributed by atoms with Crippen molar-refractivity contribution in [3.63, 3.8) is 0 Å². The van der Waals surface area contributed by atoms with E-state index in [0.29, 0.717) is 19.3 Å². The first-order chi connectivity index (χ1) is 36.0. The first-order valence-corrected chi connectivity index (χ1v) is 30.7. The standard InChI is InChI=1S/C67H114O6/c1-4-7-10-13-16-19-22-25-28-31-32-33-34-37-40-43-46-49-52-55-58-61-67(70)73-64(62-71-65(68)59-56-53-50-47-44-41-38-35-29-26-23-20-17-14-11-8-5-2)63-72-66(69)60-57-54-51-48-45-42-39-36-30-27-24-21-18-15-12-9-6-3/h8,11,17-18,20-21,25-30,38-39,41-42,64H,4-7,9-10,12-16,19,22-24,31-37,40,43-63H2,1-3H3/b11-8-,20-17-,21-18-,28-25-,29-26-,30-27-,41-38-,42-39-/t64-/m1/s1. The van der Waals surface area contributed by atoms with Crippen molar-refractivity contribution in [2.75, 3.05) is 13.2 Å². The van der Waals surface area contributed by atoms with Crippen molar-refractivity contribution >= 4 is 17.9 Å². The van der Waals surface area contributed by atoms with Gasteiger partial charge in [0.2, 0.25) is 0 Å². The van der Waals surface area contributed by atoms with Crippen molar-refractivity contribution in [3.05, 3.63) is 97.2 Å². The average molecular weight is 1020 g/mol. The van der Waals surface area contributed by atoms with Gasteiger partial charge >= 0.3 is 17.9 Å². The Hall–Kier alpha value is -3.67. The predicted molar refractivity (Wildman–Crippen MR) is 316 cm³/mol. The van der Waals surface area contributed by atoms with Gasteiger partial charge in [-0.1, -0.05) is 246 Å². The van der Waals surface area contributed by atoms with Crippen LogP contribution in [0.15, 0.2) is 97.2 Å². The average Bonchev–Trinajstić information content (AvgIpc) is 3.39. The van der Waals surface area contributed by atoms with E-state index in [4.69, 9.17) is 14.2 Å². The lowest BCUT2D eigenvalue weighted by atomic mass is 10.0. The van der Waals surface area contributed by atoms with Crippen molar-refractivity contribution in [1.29, 1.82) is 0 Å². The zero-order valence-electron chi connectivity index (χ0n) is 47.9. The van der Waals surface area contributed by atoms with Crippen LogP contribution in [0.2, 0.25) is 0 Å². The second-order valence-corrected chi connectivity index (χ2v) is 20.2. The molecule has 0 radical (unpaired) electrons. The molecule has 0 N–H and O–H groups in total. The van der Waals surface area contributed by atoms with Crippen LogP contribution in [0.4, 0.5) is 0 Å². The van der Waals surface area contributed by atoms with Gasteiger partial charge in [-0.2, -0.15) is 0 Å². The minimum absolute atomic E-state index is 0.0972. The van der Waals surface area contributed by atoms with Crippen LogP contribution < -0.4 is 0 Å². The third kappa shape index (κ3) is 59.1. The first kappa shape index (κ1) is 69.3. The molecule has 0 aromatic heterocycles. The van der Waals surface area contributed by atoms with E-state index in [9.17, 15) is 14.4 Å². The molecule has 6 nitrogen and oxygen atoms in total. The van der Waals surface area contributed by atoms with Crippen LogP contribution in [0.1, 0.15) is 290 Å². The Labute approximate surface area is 451 Å². The Morgan fingerprint density at radius 1 is 0.288 bits per heavy atom. The molecular weight excluding hydrogens is 901 g/mol. The lowest BCUT2D eigenvalue weighted by Crippen LogP contribution is -2.30. The number of hydrogen-bond acceptors (Lipinski definition) is 6. The van der Waals surface area contributed by atoms with Gasteiger partial charge in [-0.3, -0.25) is 14.4 Å². The lowest BCUT2D eigenvalue weighted by Gasteiger charge is -2.18. The minimum atomic E-state index is -0.800. The van der Waals surface area contributed by atoms with Crippen molar-refractivity contribution in [3.8, 4) is 0 Å². The van der Waals surface area contributed by atoms with Gasteiger partial charge < -0.3 is 14.2 Å². The Kier molecular flexibility index (Phi) is 57.8. The maximum atomic E-state index is 12.9. The smallest absolute Gasteiger partial charge is 0.306 e. The summed E-state index contributed by atoms with van der Waals surface area (Å²) in [6.07, 6.45) is 81.1. The van der Waals surface area contributed by atoms with Gasteiger partial charge in [0.25, 0.3) is 0 Å². The molecule has 6 heteroatoms. The molecule has 0 aliphatic heterocycles. The summed E-state index contributed by atoms with van der Waals surface area (Å²) in [5.74, 6) is -0.934. The molecule has 0 aliphatic rings. The van der Waals surface area contributed by atoms with Gasteiger partial charge in [-0.05, 0) is 122 Å². The van der Waals surface area contributed by atoms with Gasteiger partial charge in [-0.15, -0.1) is 0 Å². The summed E-state index contributed by atoms with van der Waals surface area (Å²) in [5, 5.41) is 0. The van der Waals surface area contributed by atoms with E-state index in [0.717, 1.165) is 122 Å². The Bertz CT molecular complexity index is 1440. The zero-order valence-corrected chi connectivity index (χ0v) is 47.9. The highest BCUT2D eigenvalue weighted by Crippen LogP contribution is 2.15. The SMILES string of the molecule is CC/C=C\C/C=C\C/C=C\C/C=C\CCCCCCC(=O)OC[C@H](COC(=O)CCCCCC/C=C\C/C=C\C/C=C\CCCCC)OC(=O)CCCCCCCCCCCCC/C=C\CCCCCCCC. The molecule has 0 saturated carbocycles. The summed E-state index contributed by atoms with van der Waals surface area (Å²) in [4.78, 5) is 38.3. The number of carbonyl (C=O) groups is 3. The summed E-state index contributed by atoms with van der Waals surface area (Å²) >= 11 is 0. The van der Waals surface area contributed by atoms with Crippen molar-refractivity contribution in [2.45, 2.75) is 297 Å². The normalized spacial score (nSPS) is 12.8. The van der Waals surface area contributed by atoms with E-state index in [1.54, 1.807) is 0 Å². The van der Waals surface area contributed by atoms with Crippen LogP contribution >= 0.6 is 0 Å². The number of carbonyl (C=O) groups excluding carboxylic acids is 3. The molecular formula is C67H114O6. The summed E-state index contributed by atoms with van der Waals surface area (Å²) in [7, 11) is 0. The summed E-state index contributed by atoms with van der Waals surface area (Å²) in [5.41, 5.74) is 0. The molecule has 0 spiro atoms. The molecule has 0 bridgehead atoms. The molecule has 0 aromatic rings. The van der Waals surface area contributed by atoms with Crippen LogP contribution in [0.5, 0.6) is 0 Å². The van der Waals surface area contributed by atoms with E-state index in [-0.39, 0.29) is 31.1 Å². The molecule has 0 unspecified atom stereocenters. The molecule has 1 atom stereocenters. The van der Waals surface area contributed by atoms with Crippen LogP contribution in [-0.2, 0) is 28.6 Å². The number of ether oxygens (including phenoxy) is 3. The molecule has 0 rings (SSSR count). The second kappa shape index (κ2) is 60.9. The number of hydrogen-bond donors (Lipinski definition) is 0. The van der Waals surface area contributed by atoms with Gasteiger partial charge in [0.1, 0.15) is 13.2 Å². The highest BCUT2D eigenvalue weighted by molar-refractivity contribution is 5.71. The zero-order chi connectivity index (χ0) is 52.9. The number of unbranched alkanes of at least 4 members (excludes halogenated alkanes) is 28. The van der Waals surface area contributed by atoms with E-state index >= 15 is 0 Å². The van der Waals surface area contributed by atoms with Crippen LogP contribution in [0, 0.1) is 0 Å². The summed E-state index contributed by atoms with van der Waals surface area (Å²) in [6, 6.07) is 0. The number of esters is 3. The van der Waals surface area contributed by atoms with Crippen molar-refractivity contribution < 1.29 is 28.6 Å². The summed E-state index contributed by atoms with van der Waals surface area (Å²) in [6.45, 7) is 6.47. The topological polar surface area (TPSA) is 78.9 Å². The van der Waals surface area contributed by atoms with Gasteiger partial charge in [0.15, 0.2) is 6.10 Å². The Balaban J connectivity index is 4.44. The highest BCUT2D eigenvalue weighted by Gasteiger charge is 2.19. The molecule has 0 amide bonds. The molecule has 0 saturated heterocycles. The lowest BCUT2D eigenvalue weighted by molar-refractivity contribution is -0.167. The summed E-state index contributed by atoms with van der Waals surface area (Å²) < 4.78 is 16.9. The molecule has 0 aliphatic carbocycles.